The number of carboxylic acids is 2. The van der Waals surface area contributed by atoms with E-state index in [4.69, 9.17) is 27.9 Å². The van der Waals surface area contributed by atoms with Gasteiger partial charge < -0.3 is 19.8 Å². The third-order valence-electron chi connectivity index (χ3n) is 11.4. The van der Waals surface area contributed by atoms with Gasteiger partial charge in [0.2, 0.25) is 0 Å². The number of ether oxygens (including phenoxy) is 1. The number of carbonyl (C=O) groups is 2. The van der Waals surface area contributed by atoms with E-state index in [1.807, 2.05) is 36.4 Å². The molecule has 2 unspecified atom stereocenters. The van der Waals surface area contributed by atoms with Crippen molar-refractivity contribution in [3.63, 3.8) is 0 Å². The molecule has 2 aliphatic heterocycles. The van der Waals surface area contributed by atoms with Crippen LogP contribution in [-0.2, 0) is 0 Å². The first-order valence-electron chi connectivity index (χ1n) is 17.4. The Labute approximate surface area is 306 Å². The monoisotopic (exact) mass is 719 g/mol. The Morgan fingerprint density at radius 1 is 0.804 bits per heavy atom. The standard InChI is InChI=1S/C43H39Cl2NO5/c1-20-17-42(3,4)19-27-22-12-8-9-13-23(22)31-34(35-33(41(49)50)28(44)16-26(36(35)45)40(47)48)32-24-14-10-11-15-25(24)37-30(39(32)51-38(31)29(20)27)21(2)18-43(5,6)46(37)7/h8-16,19-21H,17-18H2,1-7H3,(H,47,48)(H,49,50). The second-order valence-corrected chi connectivity index (χ2v) is 16.6. The second kappa shape index (κ2) is 11.2. The summed E-state index contributed by atoms with van der Waals surface area (Å²) in [5.41, 5.74) is 3.62. The summed E-state index contributed by atoms with van der Waals surface area (Å²) in [5.74, 6) is -1.18. The van der Waals surface area contributed by atoms with E-state index in [9.17, 15) is 19.8 Å². The van der Waals surface area contributed by atoms with Crippen molar-refractivity contribution in [3.05, 3.63) is 108 Å². The van der Waals surface area contributed by atoms with Crippen LogP contribution in [0.4, 0.5) is 5.69 Å². The lowest BCUT2D eigenvalue weighted by Gasteiger charge is -2.47. The van der Waals surface area contributed by atoms with Gasteiger partial charge in [0.1, 0.15) is 11.5 Å². The van der Waals surface area contributed by atoms with Gasteiger partial charge in [-0.15, -0.1) is 0 Å². The number of nitrogens with zero attached hydrogens (tertiary/aromatic N) is 1. The number of benzene rings is 5. The first-order chi connectivity index (χ1) is 24.0. The third-order valence-corrected chi connectivity index (χ3v) is 12.1. The summed E-state index contributed by atoms with van der Waals surface area (Å²) in [6, 6.07) is 17.3. The van der Waals surface area contributed by atoms with Crippen molar-refractivity contribution in [2.75, 3.05) is 11.9 Å². The Hall–Kier alpha value is -4.52. The molecule has 1 aliphatic carbocycles. The molecule has 5 aromatic carbocycles. The van der Waals surface area contributed by atoms with Crippen LogP contribution >= 0.6 is 23.2 Å². The average molecular weight is 721 g/mol. The number of carboxylic acid groups (broad SMARTS) is 2. The molecule has 0 amide bonds. The summed E-state index contributed by atoms with van der Waals surface area (Å²) in [6.45, 7) is 13.4. The zero-order valence-electron chi connectivity index (χ0n) is 29.7. The largest absolute Gasteiger partial charge is 0.478 e. The normalized spacial score (nSPS) is 19.8. The highest BCUT2D eigenvalue weighted by Crippen LogP contribution is 2.57. The Bertz CT molecular complexity index is 2550. The van der Waals surface area contributed by atoms with Crippen LogP contribution in [0.5, 0.6) is 11.5 Å². The molecule has 6 nitrogen and oxygen atoms in total. The molecule has 0 bridgehead atoms. The lowest BCUT2D eigenvalue weighted by molar-refractivity contribution is 0.0681. The van der Waals surface area contributed by atoms with Crippen molar-refractivity contribution in [1.29, 1.82) is 0 Å². The quantitative estimate of drug-likeness (QED) is 0.189. The molecule has 0 aromatic heterocycles. The van der Waals surface area contributed by atoms with Gasteiger partial charge in [-0.05, 0) is 71.4 Å². The van der Waals surface area contributed by atoms with E-state index in [0.717, 1.165) is 62.5 Å². The molecule has 0 radical (unpaired) electrons. The molecule has 3 aliphatic rings. The van der Waals surface area contributed by atoms with Crippen molar-refractivity contribution in [3.8, 4) is 11.5 Å². The van der Waals surface area contributed by atoms with Crippen LogP contribution in [0.3, 0.4) is 0 Å². The molecule has 260 valence electrons. The molecule has 0 spiro atoms. The van der Waals surface area contributed by atoms with Gasteiger partial charge in [0.15, 0.2) is 0 Å². The van der Waals surface area contributed by atoms with Gasteiger partial charge in [-0.1, -0.05) is 106 Å². The number of hydrogen-bond acceptors (Lipinski definition) is 4. The van der Waals surface area contributed by atoms with Gasteiger partial charge in [-0.3, -0.25) is 0 Å². The number of fused-ring (bicyclic) bond motifs is 12. The van der Waals surface area contributed by atoms with Gasteiger partial charge in [-0.25, -0.2) is 9.59 Å². The summed E-state index contributed by atoms with van der Waals surface area (Å²) in [5, 5.41) is 26.2. The predicted molar refractivity (Wildman–Crippen MR) is 206 cm³/mol. The van der Waals surface area contributed by atoms with Crippen LogP contribution in [-0.4, -0.2) is 34.7 Å². The van der Waals surface area contributed by atoms with Gasteiger partial charge >= 0.3 is 11.9 Å². The number of anilines is 1. The molecular weight excluding hydrogens is 681 g/mol. The van der Waals surface area contributed by atoms with Crippen LogP contribution in [0, 0.1) is 5.41 Å². The highest BCUT2D eigenvalue weighted by Gasteiger charge is 2.43. The molecule has 8 heteroatoms. The Morgan fingerprint density at radius 3 is 2.06 bits per heavy atom. The maximum Gasteiger partial charge on any atom is 0.337 e. The topological polar surface area (TPSA) is 87.1 Å². The molecule has 2 N–H and O–H groups in total. The maximum absolute atomic E-state index is 13.3. The Morgan fingerprint density at radius 2 is 1.41 bits per heavy atom. The molecule has 0 fully saturated rings. The number of aromatic carboxylic acids is 2. The average Bonchev–Trinajstić information content (AvgIpc) is 3.05. The van der Waals surface area contributed by atoms with E-state index in [2.05, 4.69) is 71.7 Å². The smallest absolute Gasteiger partial charge is 0.337 e. The van der Waals surface area contributed by atoms with Crippen molar-refractivity contribution < 1.29 is 24.5 Å². The van der Waals surface area contributed by atoms with Gasteiger partial charge in [-0.2, -0.15) is 0 Å². The van der Waals surface area contributed by atoms with Gasteiger partial charge in [0, 0.05) is 51.0 Å². The SMILES string of the molecule is CC1CC(C)(C)N(C)c2c1c1c(c3ccccc23)C(c2c(Cl)c(C(=O)O)cc(Cl)c2C(=O)O)=c2c(c3c(c4ccccc24)=CC(C)(C)CC3C)O1. The highest BCUT2D eigenvalue weighted by molar-refractivity contribution is 6.40. The molecule has 5 aromatic rings. The number of hydrogen-bond donors (Lipinski definition) is 2. The van der Waals surface area contributed by atoms with E-state index in [0.29, 0.717) is 27.9 Å². The minimum atomic E-state index is -1.31. The lowest BCUT2D eigenvalue weighted by Crippen LogP contribution is -2.46. The van der Waals surface area contributed by atoms with Crippen LogP contribution in [0.15, 0.2) is 54.6 Å². The summed E-state index contributed by atoms with van der Waals surface area (Å²) in [4.78, 5) is 28.3. The van der Waals surface area contributed by atoms with Crippen LogP contribution in [0.1, 0.15) is 109 Å². The molecule has 8 rings (SSSR count). The molecule has 51 heavy (non-hydrogen) atoms. The van der Waals surface area contributed by atoms with Gasteiger partial charge in [0.05, 0.1) is 26.9 Å². The van der Waals surface area contributed by atoms with Crippen LogP contribution in [0.25, 0.3) is 33.2 Å². The molecular formula is C43H39Cl2NO5. The Kier molecular flexibility index (Phi) is 7.41. The highest BCUT2D eigenvalue weighted by atomic mass is 35.5. The first kappa shape index (κ1) is 33.6. The maximum atomic E-state index is 13.3. The van der Waals surface area contributed by atoms with Crippen LogP contribution in [0.2, 0.25) is 10.0 Å². The summed E-state index contributed by atoms with van der Waals surface area (Å²) >= 11 is 13.9. The summed E-state index contributed by atoms with van der Waals surface area (Å²) in [7, 11) is 2.12. The van der Waals surface area contributed by atoms with Crippen molar-refractivity contribution in [1.82, 2.24) is 0 Å². The molecule has 2 heterocycles. The summed E-state index contributed by atoms with van der Waals surface area (Å²) < 4.78 is 7.41. The second-order valence-electron chi connectivity index (χ2n) is 15.9. The number of halogens is 2. The van der Waals surface area contributed by atoms with Crippen molar-refractivity contribution in [2.45, 2.75) is 71.8 Å². The summed E-state index contributed by atoms with van der Waals surface area (Å²) in [6.07, 6.45) is 4.05. The zero-order chi connectivity index (χ0) is 36.5. The van der Waals surface area contributed by atoms with E-state index >= 15 is 0 Å². The fourth-order valence-corrected chi connectivity index (χ4v) is 9.99. The van der Waals surface area contributed by atoms with E-state index in [1.165, 1.54) is 0 Å². The third kappa shape index (κ3) is 4.75. The lowest BCUT2D eigenvalue weighted by atomic mass is 9.72. The minimum Gasteiger partial charge on any atom is -0.478 e. The van der Waals surface area contributed by atoms with Crippen molar-refractivity contribution in [2.24, 2.45) is 5.41 Å². The van der Waals surface area contributed by atoms with E-state index < -0.39 is 11.9 Å². The van der Waals surface area contributed by atoms with E-state index in [1.54, 1.807) is 0 Å². The fourth-order valence-electron chi connectivity index (χ4n) is 9.38. The first-order valence-corrected chi connectivity index (χ1v) is 18.1. The van der Waals surface area contributed by atoms with Gasteiger partial charge in [0.25, 0.3) is 0 Å². The van der Waals surface area contributed by atoms with Crippen LogP contribution < -0.4 is 20.1 Å². The molecule has 0 saturated carbocycles. The fraction of sp³-hybridized carbons (Fsp3) is 0.302. The van der Waals surface area contributed by atoms with E-state index in [-0.39, 0.29) is 49.5 Å². The molecule has 2 atom stereocenters. The predicted octanol–water partition coefficient (Wildman–Crippen LogP) is 10.1. The Balaban J connectivity index is 1.74. The van der Waals surface area contributed by atoms with Crippen molar-refractivity contribution >= 4 is 74.0 Å². The zero-order valence-corrected chi connectivity index (χ0v) is 31.2. The molecule has 0 saturated heterocycles. The minimum absolute atomic E-state index is 0.0647. The number of rotatable bonds is 3.